The summed E-state index contributed by atoms with van der Waals surface area (Å²) in [5.74, 6) is 0. The zero-order chi connectivity index (χ0) is 16.2. The van der Waals surface area contributed by atoms with Gasteiger partial charge in [-0.3, -0.25) is 4.90 Å². The third-order valence-corrected chi connectivity index (χ3v) is 5.28. The molecule has 0 aromatic heterocycles. The van der Waals surface area contributed by atoms with Gasteiger partial charge in [0, 0.05) is 6.20 Å². The van der Waals surface area contributed by atoms with Gasteiger partial charge in [-0.25, -0.2) is 0 Å². The number of hydrogen-bond donors (Lipinski definition) is 0. The lowest BCUT2D eigenvalue weighted by atomic mass is 9.98. The predicted molar refractivity (Wildman–Crippen MR) is 94.5 cm³/mol. The average Bonchev–Trinajstić information content (AvgIpc) is 2.62. The second kappa shape index (κ2) is 6.66. The Morgan fingerprint density at radius 1 is 1.26 bits per heavy atom. The number of allylic oxidation sites excluding steroid dienone is 5. The van der Waals surface area contributed by atoms with Gasteiger partial charge in [0.05, 0.1) is 17.7 Å². The van der Waals surface area contributed by atoms with Crippen molar-refractivity contribution in [2.75, 3.05) is 6.16 Å². The molecule has 112 valence electrons. The Labute approximate surface area is 138 Å². The lowest BCUT2D eigenvalue weighted by Crippen LogP contribution is -2.24. The molecular formula is C19H16N3P. The predicted octanol–water partition coefficient (Wildman–Crippen LogP) is 4.14. The van der Waals surface area contributed by atoms with Crippen LogP contribution in [0.25, 0.3) is 5.31 Å². The standard InChI is InChI=1S/C19H16N3P/c1-14-7-8-17(12-22(14)13-21)18-6-3-9-23-19(18)16-5-2-4-15(10-16)11-20/h2-8,10,12,14,23H,9H2,1H3. The van der Waals surface area contributed by atoms with Crippen LogP contribution in [-0.4, -0.2) is 17.1 Å². The van der Waals surface area contributed by atoms with Crippen molar-refractivity contribution in [2.24, 2.45) is 0 Å². The van der Waals surface area contributed by atoms with Crippen LogP contribution in [0, 0.1) is 22.8 Å². The number of rotatable bonds is 2. The summed E-state index contributed by atoms with van der Waals surface area (Å²) >= 11 is 0. The molecule has 4 heteroatoms. The van der Waals surface area contributed by atoms with Crippen molar-refractivity contribution < 1.29 is 0 Å². The summed E-state index contributed by atoms with van der Waals surface area (Å²) < 4.78 is 0. The molecule has 0 saturated carbocycles. The SMILES string of the molecule is CC1C=CC(C2=C(c3cccc(C#N)c3)PCC=C2)=CN1C#N. The van der Waals surface area contributed by atoms with Gasteiger partial charge in [0.1, 0.15) is 0 Å². The zero-order valence-corrected chi connectivity index (χ0v) is 13.8. The van der Waals surface area contributed by atoms with Crippen LogP contribution < -0.4 is 0 Å². The fraction of sp³-hybridized carbons (Fsp3) is 0.158. The van der Waals surface area contributed by atoms with Crippen molar-refractivity contribution in [3.8, 4) is 12.3 Å². The molecule has 1 aromatic carbocycles. The van der Waals surface area contributed by atoms with Crippen LogP contribution in [0.5, 0.6) is 0 Å². The Morgan fingerprint density at radius 3 is 2.91 bits per heavy atom. The van der Waals surface area contributed by atoms with Crippen molar-refractivity contribution in [1.29, 1.82) is 10.5 Å². The summed E-state index contributed by atoms with van der Waals surface area (Å²) in [6, 6.07) is 10.0. The highest BCUT2D eigenvalue weighted by atomic mass is 31.1. The average molecular weight is 317 g/mol. The van der Waals surface area contributed by atoms with Gasteiger partial charge in [-0.15, -0.1) is 0 Å². The molecule has 0 saturated heterocycles. The highest BCUT2D eigenvalue weighted by Gasteiger charge is 2.18. The summed E-state index contributed by atoms with van der Waals surface area (Å²) in [6.07, 6.45) is 13.6. The quantitative estimate of drug-likeness (QED) is 0.608. The second-order valence-electron chi connectivity index (χ2n) is 5.46. The van der Waals surface area contributed by atoms with Crippen LogP contribution in [0.15, 0.2) is 65.9 Å². The first-order valence-electron chi connectivity index (χ1n) is 7.46. The van der Waals surface area contributed by atoms with Crippen molar-refractivity contribution in [3.05, 3.63) is 77.0 Å². The molecule has 0 aliphatic carbocycles. The Bertz CT molecular complexity index is 831. The molecule has 2 aliphatic rings. The van der Waals surface area contributed by atoms with Gasteiger partial charge in [-0.1, -0.05) is 45.0 Å². The smallest absolute Gasteiger partial charge is 0.184 e. The van der Waals surface area contributed by atoms with E-state index < -0.39 is 0 Å². The number of hydrogen-bond acceptors (Lipinski definition) is 3. The van der Waals surface area contributed by atoms with Gasteiger partial charge in [0.15, 0.2) is 6.19 Å². The van der Waals surface area contributed by atoms with Crippen molar-refractivity contribution in [1.82, 2.24) is 4.90 Å². The van der Waals surface area contributed by atoms with Crippen LogP contribution in [0.2, 0.25) is 0 Å². The van der Waals surface area contributed by atoms with Gasteiger partial charge >= 0.3 is 0 Å². The molecule has 0 N–H and O–H groups in total. The zero-order valence-electron chi connectivity index (χ0n) is 12.8. The van der Waals surface area contributed by atoms with Crippen LogP contribution in [0.4, 0.5) is 0 Å². The third kappa shape index (κ3) is 3.11. The number of benzene rings is 1. The van der Waals surface area contributed by atoms with E-state index in [1.165, 1.54) is 5.31 Å². The molecule has 0 radical (unpaired) electrons. The van der Waals surface area contributed by atoms with Crippen LogP contribution in [-0.2, 0) is 0 Å². The molecule has 0 fully saturated rings. The molecule has 2 heterocycles. The van der Waals surface area contributed by atoms with E-state index in [2.05, 4.69) is 36.6 Å². The first-order chi connectivity index (χ1) is 11.2. The molecular weight excluding hydrogens is 301 g/mol. The maximum Gasteiger partial charge on any atom is 0.184 e. The highest BCUT2D eigenvalue weighted by Crippen LogP contribution is 2.42. The largest absolute Gasteiger partial charge is 0.279 e. The minimum atomic E-state index is 0.0877. The topological polar surface area (TPSA) is 50.8 Å². The number of nitrogens with zero attached hydrogens (tertiary/aromatic N) is 3. The Kier molecular flexibility index (Phi) is 4.42. The summed E-state index contributed by atoms with van der Waals surface area (Å²) in [4.78, 5) is 1.66. The minimum absolute atomic E-state index is 0.0877. The number of nitriles is 2. The van der Waals surface area contributed by atoms with Gasteiger partial charge in [0.2, 0.25) is 0 Å². The molecule has 2 unspecified atom stereocenters. The van der Waals surface area contributed by atoms with Gasteiger partial charge < -0.3 is 0 Å². The molecule has 0 bridgehead atoms. The monoisotopic (exact) mass is 317 g/mol. The molecule has 23 heavy (non-hydrogen) atoms. The fourth-order valence-corrected chi connectivity index (χ4v) is 3.90. The molecule has 1 aromatic rings. The minimum Gasteiger partial charge on any atom is -0.279 e. The van der Waals surface area contributed by atoms with E-state index in [9.17, 15) is 5.26 Å². The van der Waals surface area contributed by atoms with Crippen LogP contribution in [0.3, 0.4) is 0 Å². The van der Waals surface area contributed by atoms with Crippen molar-refractivity contribution in [3.63, 3.8) is 0 Å². The van der Waals surface area contributed by atoms with Gasteiger partial charge in [-0.2, -0.15) is 10.5 Å². The molecule has 3 nitrogen and oxygen atoms in total. The van der Waals surface area contributed by atoms with Crippen LogP contribution >= 0.6 is 8.58 Å². The lowest BCUT2D eigenvalue weighted by molar-refractivity contribution is 0.461. The Morgan fingerprint density at radius 2 is 2.13 bits per heavy atom. The molecule has 0 spiro atoms. The first-order valence-corrected chi connectivity index (χ1v) is 8.67. The van der Waals surface area contributed by atoms with Gasteiger partial charge in [-0.05, 0) is 47.2 Å². The molecule has 2 aliphatic heterocycles. The Balaban J connectivity index is 2.09. The summed E-state index contributed by atoms with van der Waals surface area (Å²) in [5, 5.41) is 19.6. The van der Waals surface area contributed by atoms with Crippen molar-refractivity contribution in [2.45, 2.75) is 13.0 Å². The lowest BCUT2D eigenvalue weighted by Gasteiger charge is -2.25. The van der Waals surface area contributed by atoms with E-state index in [1.54, 1.807) is 4.90 Å². The van der Waals surface area contributed by atoms with Crippen LogP contribution in [0.1, 0.15) is 18.1 Å². The van der Waals surface area contributed by atoms with E-state index in [-0.39, 0.29) is 6.04 Å². The second-order valence-corrected chi connectivity index (χ2v) is 6.72. The van der Waals surface area contributed by atoms with Crippen molar-refractivity contribution >= 4 is 13.9 Å². The van der Waals surface area contributed by atoms with E-state index in [0.29, 0.717) is 14.1 Å². The fourth-order valence-electron chi connectivity index (χ4n) is 2.68. The first kappa shape index (κ1) is 15.3. The maximum absolute atomic E-state index is 9.26. The van der Waals surface area contributed by atoms with E-state index in [1.807, 2.05) is 37.4 Å². The molecule has 2 atom stereocenters. The Hall–Kier alpha value is -2.61. The highest BCUT2D eigenvalue weighted by molar-refractivity contribution is 7.50. The molecule has 3 rings (SSSR count). The summed E-state index contributed by atoms with van der Waals surface area (Å²) in [5.41, 5.74) is 3.96. The van der Waals surface area contributed by atoms with E-state index in [4.69, 9.17) is 5.26 Å². The third-order valence-electron chi connectivity index (χ3n) is 3.93. The van der Waals surface area contributed by atoms with E-state index in [0.717, 1.165) is 22.9 Å². The summed E-state index contributed by atoms with van der Waals surface area (Å²) in [7, 11) is 0.667. The van der Waals surface area contributed by atoms with Gasteiger partial charge in [0.25, 0.3) is 0 Å². The normalized spacial score (nSPS) is 21.1. The van der Waals surface area contributed by atoms with E-state index >= 15 is 0 Å². The molecule has 0 amide bonds. The summed E-state index contributed by atoms with van der Waals surface area (Å²) in [6.45, 7) is 2.00. The maximum atomic E-state index is 9.26.